The van der Waals surface area contributed by atoms with E-state index < -0.39 is 0 Å². The van der Waals surface area contributed by atoms with Crippen LogP contribution >= 0.6 is 22.9 Å². The van der Waals surface area contributed by atoms with Crippen LogP contribution in [-0.2, 0) is 22.6 Å². The number of anilines is 2. The normalized spacial score (nSPS) is 13.0. The van der Waals surface area contributed by atoms with Gasteiger partial charge in [-0.15, -0.1) is 11.3 Å². The Kier molecular flexibility index (Phi) is 5.32. The molecule has 1 aromatic heterocycles. The third-order valence-electron chi connectivity index (χ3n) is 4.35. The van der Waals surface area contributed by atoms with E-state index in [9.17, 15) is 9.59 Å². The number of rotatable bonds is 5. The fraction of sp³-hybridized carbons (Fsp3) is 0.143. The summed E-state index contributed by atoms with van der Waals surface area (Å²) >= 11 is 7.49. The average Bonchev–Trinajstić information content (AvgIpc) is 3.18. The summed E-state index contributed by atoms with van der Waals surface area (Å²) in [4.78, 5) is 27.4. The lowest BCUT2D eigenvalue weighted by Gasteiger charge is -2.30. The summed E-state index contributed by atoms with van der Waals surface area (Å²) in [6, 6.07) is 16.5. The smallest absolute Gasteiger partial charge is 0.265 e. The van der Waals surface area contributed by atoms with Crippen molar-refractivity contribution in [1.82, 2.24) is 0 Å². The molecular formula is C21H17ClN2O3S. The zero-order chi connectivity index (χ0) is 19.5. The van der Waals surface area contributed by atoms with Crippen molar-refractivity contribution in [2.24, 2.45) is 0 Å². The van der Waals surface area contributed by atoms with E-state index in [-0.39, 0.29) is 18.4 Å². The van der Waals surface area contributed by atoms with Crippen LogP contribution in [0.4, 0.5) is 11.4 Å². The lowest BCUT2D eigenvalue weighted by molar-refractivity contribution is -0.121. The number of nitrogens with one attached hydrogen (secondary N) is 1. The Balaban J connectivity index is 1.55. The van der Waals surface area contributed by atoms with Crippen molar-refractivity contribution < 1.29 is 14.3 Å². The summed E-state index contributed by atoms with van der Waals surface area (Å²) in [6.45, 7) is 0.392. The van der Waals surface area contributed by atoms with E-state index >= 15 is 0 Å². The van der Waals surface area contributed by atoms with Crippen LogP contribution in [0, 0.1) is 0 Å². The Bertz CT molecular complexity index is 1000. The third-order valence-corrected chi connectivity index (χ3v) is 5.48. The molecule has 3 aromatic rings. The highest BCUT2D eigenvalue weighted by atomic mass is 35.5. The molecule has 0 saturated carbocycles. The van der Waals surface area contributed by atoms with E-state index in [1.54, 1.807) is 46.6 Å². The van der Waals surface area contributed by atoms with Gasteiger partial charge in [-0.05, 0) is 47.3 Å². The summed E-state index contributed by atoms with van der Waals surface area (Å²) in [7, 11) is 0. The largest absolute Gasteiger partial charge is 0.482 e. The van der Waals surface area contributed by atoms with Crippen molar-refractivity contribution in [1.29, 1.82) is 0 Å². The molecule has 28 heavy (non-hydrogen) atoms. The van der Waals surface area contributed by atoms with Gasteiger partial charge in [0.1, 0.15) is 5.75 Å². The maximum atomic E-state index is 12.5. The second-order valence-corrected chi connectivity index (χ2v) is 7.85. The van der Waals surface area contributed by atoms with Gasteiger partial charge in [-0.25, -0.2) is 0 Å². The standard InChI is InChI=1S/C21H17ClN2O3S/c22-15-5-3-14(4-6-15)12-24-18-10-16(7-8-19(18)27-13-21(24)26)23-20(25)11-17-2-1-9-28-17/h1-10H,11-13H2,(H,23,25). The second kappa shape index (κ2) is 8.04. The van der Waals surface area contributed by atoms with Crippen molar-refractivity contribution >= 4 is 46.1 Å². The molecule has 1 N–H and O–H groups in total. The first-order valence-electron chi connectivity index (χ1n) is 8.72. The Labute approximate surface area is 171 Å². The van der Waals surface area contributed by atoms with E-state index in [0.717, 1.165) is 10.4 Å². The van der Waals surface area contributed by atoms with Gasteiger partial charge in [0, 0.05) is 15.6 Å². The maximum Gasteiger partial charge on any atom is 0.265 e. The summed E-state index contributed by atoms with van der Waals surface area (Å²) in [5, 5.41) is 5.48. The van der Waals surface area contributed by atoms with Gasteiger partial charge in [-0.2, -0.15) is 0 Å². The van der Waals surface area contributed by atoms with Crippen molar-refractivity contribution in [3.05, 3.63) is 75.4 Å². The Hall–Kier alpha value is -2.83. The van der Waals surface area contributed by atoms with Crippen molar-refractivity contribution in [3.63, 3.8) is 0 Å². The molecule has 0 spiro atoms. The van der Waals surface area contributed by atoms with Gasteiger partial charge in [0.25, 0.3) is 5.91 Å². The first-order chi connectivity index (χ1) is 13.6. The molecule has 0 saturated heterocycles. The van der Waals surface area contributed by atoms with Gasteiger partial charge in [0.15, 0.2) is 6.61 Å². The predicted octanol–water partition coefficient (Wildman–Crippen LogP) is 4.51. The molecule has 4 rings (SSSR count). The number of thiophene rings is 1. The molecule has 0 unspecified atom stereocenters. The van der Waals surface area contributed by atoms with E-state index in [0.29, 0.717) is 35.1 Å². The van der Waals surface area contributed by atoms with Crippen LogP contribution in [0.2, 0.25) is 5.02 Å². The quantitative estimate of drug-likeness (QED) is 0.670. The molecule has 1 aliphatic heterocycles. The molecule has 2 heterocycles. The molecule has 0 bridgehead atoms. The average molecular weight is 413 g/mol. The van der Waals surface area contributed by atoms with E-state index in [2.05, 4.69) is 5.32 Å². The molecule has 2 amide bonds. The number of carbonyl (C=O) groups is 2. The van der Waals surface area contributed by atoms with Gasteiger partial charge < -0.3 is 15.0 Å². The number of hydrogen-bond acceptors (Lipinski definition) is 4. The number of nitrogens with zero attached hydrogens (tertiary/aromatic N) is 1. The highest BCUT2D eigenvalue weighted by molar-refractivity contribution is 7.10. The molecule has 0 fully saturated rings. The van der Waals surface area contributed by atoms with Crippen LogP contribution in [0.1, 0.15) is 10.4 Å². The van der Waals surface area contributed by atoms with Gasteiger partial charge in [0.2, 0.25) is 5.91 Å². The van der Waals surface area contributed by atoms with Gasteiger partial charge in [0.05, 0.1) is 18.7 Å². The number of halogens is 1. The number of benzene rings is 2. The van der Waals surface area contributed by atoms with Crippen LogP contribution in [0.3, 0.4) is 0 Å². The van der Waals surface area contributed by atoms with Crippen LogP contribution in [0.5, 0.6) is 5.75 Å². The van der Waals surface area contributed by atoms with Crippen LogP contribution in [-0.4, -0.2) is 18.4 Å². The molecule has 0 atom stereocenters. The number of fused-ring (bicyclic) bond motifs is 1. The molecule has 5 nitrogen and oxygen atoms in total. The predicted molar refractivity (Wildman–Crippen MR) is 111 cm³/mol. The fourth-order valence-corrected chi connectivity index (χ4v) is 3.83. The van der Waals surface area contributed by atoms with Crippen molar-refractivity contribution in [2.75, 3.05) is 16.8 Å². The number of carbonyl (C=O) groups excluding carboxylic acids is 2. The van der Waals surface area contributed by atoms with E-state index in [1.165, 1.54) is 0 Å². The molecule has 1 aliphatic rings. The first-order valence-corrected chi connectivity index (χ1v) is 9.98. The minimum absolute atomic E-state index is 0.00925. The number of ether oxygens (including phenoxy) is 1. The monoisotopic (exact) mass is 412 g/mol. The van der Waals surface area contributed by atoms with E-state index in [1.807, 2.05) is 29.6 Å². The van der Waals surface area contributed by atoms with Crippen LogP contribution in [0.25, 0.3) is 0 Å². The highest BCUT2D eigenvalue weighted by Crippen LogP contribution is 2.35. The van der Waals surface area contributed by atoms with Crippen molar-refractivity contribution in [3.8, 4) is 5.75 Å². The molecule has 0 aliphatic carbocycles. The maximum absolute atomic E-state index is 12.5. The minimum Gasteiger partial charge on any atom is -0.482 e. The number of hydrogen-bond donors (Lipinski definition) is 1. The first kappa shape index (κ1) is 18.5. The fourth-order valence-electron chi connectivity index (χ4n) is 3.00. The summed E-state index contributed by atoms with van der Waals surface area (Å²) in [6.07, 6.45) is 0.318. The molecule has 2 aromatic carbocycles. The molecule has 0 radical (unpaired) electrons. The Morgan fingerprint density at radius 3 is 2.75 bits per heavy atom. The zero-order valence-electron chi connectivity index (χ0n) is 14.9. The second-order valence-electron chi connectivity index (χ2n) is 6.38. The lowest BCUT2D eigenvalue weighted by atomic mass is 10.1. The molecular weight excluding hydrogens is 396 g/mol. The summed E-state index contributed by atoms with van der Waals surface area (Å²) in [5.74, 6) is 0.379. The van der Waals surface area contributed by atoms with Gasteiger partial charge >= 0.3 is 0 Å². The minimum atomic E-state index is -0.135. The van der Waals surface area contributed by atoms with Gasteiger partial charge in [-0.1, -0.05) is 29.8 Å². The Morgan fingerprint density at radius 1 is 1.18 bits per heavy atom. The topological polar surface area (TPSA) is 58.6 Å². The molecule has 142 valence electrons. The lowest BCUT2D eigenvalue weighted by Crippen LogP contribution is -2.38. The van der Waals surface area contributed by atoms with E-state index in [4.69, 9.17) is 16.3 Å². The SMILES string of the molecule is O=C(Cc1cccs1)Nc1ccc2c(c1)N(Cc1ccc(Cl)cc1)C(=O)CO2. The van der Waals surface area contributed by atoms with Crippen LogP contribution < -0.4 is 15.0 Å². The molecule has 7 heteroatoms. The Morgan fingerprint density at radius 2 is 2.00 bits per heavy atom. The van der Waals surface area contributed by atoms with Gasteiger partial charge in [-0.3, -0.25) is 9.59 Å². The summed E-state index contributed by atoms with van der Waals surface area (Å²) < 4.78 is 5.54. The van der Waals surface area contributed by atoms with Crippen molar-refractivity contribution in [2.45, 2.75) is 13.0 Å². The number of amides is 2. The zero-order valence-corrected chi connectivity index (χ0v) is 16.4. The van der Waals surface area contributed by atoms with Crippen LogP contribution in [0.15, 0.2) is 60.0 Å². The summed E-state index contributed by atoms with van der Waals surface area (Å²) in [5.41, 5.74) is 2.22. The third kappa shape index (κ3) is 4.18. The highest BCUT2D eigenvalue weighted by Gasteiger charge is 2.26.